The molecular formula is C16H26KO7S+. The zero-order valence-electron chi connectivity index (χ0n) is 14.8. The van der Waals surface area contributed by atoms with Gasteiger partial charge in [-0.2, -0.15) is 8.42 Å². The molecule has 7 nitrogen and oxygen atoms in total. The molecule has 2 aliphatic rings. The molecule has 0 spiro atoms. The molecule has 2 aliphatic carbocycles. The molecule has 1 atom stereocenters. The van der Waals surface area contributed by atoms with Crippen molar-refractivity contribution >= 4 is 22.1 Å². The number of hydrogen-bond donors (Lipinski definition) is 1. The van der Waals surface area contributed by atoms with Gasteiger partial charge in [0.2, 0.25) is 0 Å². The van der Waals surface area contributed by atoms with Crippen LogP contribution >= 0.6 is 0 Å². The first-order valence-corrected chi connectivity index (χ1v) is 10.2. The summed E-state index contributed by atoms with van der Waals surface area (Å²) in [7, 11) is -4.73. The summed E-state index contributed by atoms with van der Waals surface area (Å²) in [5.41, 5.74) is 0. The molecule has 2 rings (SSSR count). The summed E-state index contributed by atoms with van der Waals surface area (Å²) in [4.78, 5) is 24.1. The molecule has 0 saturated heterocycles. The topological polar surface area (TPSA) is 107 Å². The Morgan fingerprint density at radius 2 is 1.32 bits per heavy atom. The van der Waals surface area contributed by atoms with E-state index in [1.165, 1.54) is 0 Å². The first-order valence-electron chi connectivity index (χ1n) is 8.72. The van der Waals surface area contributed by atoms with E-state index in [1.54, 1.807) is 0 Å². The van der Waals surface area contributed by atoms with Crippen LogP contribution in [0.3, 0.4) is 0 Å². The second-order valence-electron chi connectivity index (χ2n) is 6.65. The minimum atomic E-state index is -4.73. The Hall–Kier alpha value is 0.486. The first-order chi connectivity index (χ1) is 11.4. The molecule has 1 unspecified atom stereocenters. The van der Waals surface area contributed by atoms with Gasteiger partial charge in [-0.3, -0.25) is 14.1 Å². The molecule has 0 bridgehead atoms. The van der Waals surface area contributed by atoms with Gasteiger partial charge in [-0.1, -0.05) is 12.8 Å². The van der Waals surface area contributed by atoms with Gasteiger partial charge in [0.15, 0.2) is 5.25 Å². The van der Waals surface area contributed by atoms with Crippen LogP contribution in [0.25, 0.3) is 0 Å². The van der Waals surface area contributed by atoms with Crippen molar-refractivity contribution in [3.05, 3.63) is 0 Å². The fourth-order valence-electron chi connectivity index (χ4n) is 3.30. The monoisotopic (exact) mass is 401 g/mol. The van der Waals surface area contributed by atoms with Gasteiger partial charge >= 0.3 is 63.3 Å². The van der Waals surface area contributed by atoms with Crippen LogP contribution in [0.1, 0.15) is 70.6 Å². The summed E-state index contributed by atoms with van der Waals surface area (Å²) in [6.07, 6.45) is 7.46. The fraction of sp³-hybridized carbons (Fsp3) is 0.875. The van der Waals surface area contributed by atoms with Crippen molar-refractivity contribution in [2.45, 2.75) is 88.1 Å². The number of ether oxygens (including phenoxy) is 2. The molecule has 2 saturated carbocycles. The molecule has 0 aromatic heterocycles. The summed E-state index contributed by atoms with van der Waals surface area (Å²) < 4.78 is 42.7. The zero-order valence-corrected chi connectivity index (χ0v) is 18.8. The number of carbonyl (C=O) groups excluding carboxylic acids is 2. The Balaban J connectivity index is 0.00000312. The maximum Gasteiger partial charge on any atom is 1.00 e. The average molecular weight is 402 g/mol. The first kappa shape index (κ1) is 23.5. The van der Waals surface area contributed by atoms with Gasteiger partial charge in [0.1, 0.15) is 12.2 Å². The van der Waals surface area contributed by atoms with Gasteiger partial charge in [0, 0.05) is 0 Å². The molecule has 0 aromatic rings. The van der Waals surface area contributed by atoms with Crippen LogP contribution in [0.2, 0.25) is 0 Å². The maximum absolute atomic E-state index is 12.1. The second kappa shape index (κ2) is 11.4. The van der Waals surface area contributed by atoms with E-state index in [0.29, 0.717) is 12.8 Å². The molecule has 25 heavy (non-hydrogen) atoms. The van der Waals surface area contributed by atoms with Gasteiger partial charge in [-0.15, -0.1) is 0 Å². The molecule has 0 aliphatic heterocycles. The molecule has 2 fully saturated rings. The van der Waals surface area contributed by atoms with Crippen LogP contribution in [-0.4, -0.2) is 42.4 Å². The summed E-state index contributed by atoms with van der Waals surface area (Å²) in [6.45, 7) is 0. The molecule has 9 heteroatoms. The molecule has 138 valence electrons. The van der Waals surface area contributed by atoms with E-state index < -0.39 is 33.7 Å². The number of esters is 2. The Morgan fingerprint density at radius 1 is 0.880 bits per heavy atom. The van der Waals surface area contributed by atoms with E-state index in [-0.39, 0.29) is 63.6 Å². The van der Waals surface area contributed by atoms with E-state index in [0.717, 1.165) is 51.4 Å². The Morgan fingerprint density at radius 3 is 1.76 bits per heavy atom. The van der Waals surface area contributed by atoms with Crippen LogP contribution in [-0.2, 0) is 29.2 Å². The van der Waals surface area contributed by atoms with Crippen molar-refractivity contribution in [2.24, 2.45) is 0 Å². The Kier molecular flexibility index (Phi) is 10.7. The van der Waals surface area contributed by atoms with Crippen LogP contribution in [0.4, 0.5) is 0 Å². The maximum atomic E-state index is 12.1. The van der Waals surface area contributed by atoms with Crippen molar-refractivity contribution in [1.82, 2.24) is 0 Å². The number of rotatable bonds is 6. The summed E-state index contributed by atoms with van der Waals surface area (Å²) in [6, 6.07) is 0. The van der Waals surface area contributed by atoms with E-state index in [9.17, 15) is 22.6 Å². The molecule has 1 N–H and O–H groups in total. The van der Waals surface area contributed by atoms with E-state index >= 15 is 0 Å². The fourth-order valence-corrected chi connectivity index (χ4v) is 3.95. The minimum absolute atomic E-state index is 0. The third-order valence-electron chi connectivity index (χ3n) is 4.66. The molecule has 0 amide bonds. The van der Waals surface area contributed by atoms with Crippen molar-refractivity contribution in [2.75, 3.05) is 0 Å². The van der Waals surface area contributed by atoms with Gasteiger partial charge < -0.3 is 9.47 Å². The van der Waals surface area contributed by atoms with Gasteiger partial charge in [-0.05, 0) is 51.4 Å². The van der Waals surface area contributed by atoms with Crippen LogP contribution < -0.4 is 51.4 Å². The Bertz CT molecular complexity index is 537. The van der Waals surface area contributed by atoms with Gasteiger partial charge in [-0.25, -0.2) is 0 Å². The molecule has 0 radical (unpaired) electrons. The van der Waals surface area contributed by atoms with E-state index in [4.69, 9.17) is 9.47 Å². The predicted octanol–water partition coefficient (Wildman–Crippen LogP) is -0.611. The number of carbonyl (C=O) groups is 2. The summed E-state index contributed by atoms with van der Waals surface area (Å²) >= 11 is 0. The van der Waals surface area contributed by atoms with Crippen molar-refractivity contribution in [3.8, 4) is 0 Å². The van der Waals surface area contributed by atoms with Gasteiger partial charge in [0.05, 0.1) is 6.42 Å². The average Bonchev–Trinajstić information content (AvgIpc) is 2.53. The summed E-state index contributed by atoms with van der Waals surface area (Å²) in [5, 5.41) is -1.91. The standard InChI is InChI=1S/C16H26O7S.K/c17-15(22-12-7-3-1-4-8-12)11-14(24(19,20)21)16(18)23-13-9-5-2-6-10-13;/h12-14H,1-11H2,(H,19,20,21);/q;+1. The van der Waals surface area contributed by atoms with E-state index in [2.05, 4.69) is 0 Å². The normalized spacial score (nSPS) is 21.0. The molecule has 0 heterocycles. The predicted molar refractivity (Wildman–Crippen MR) is 85.9 cm³/mol. The van der Waals surface area contributed by atoms with Crippen molar-refractivity contribution in [3.63, 3.8) is 0 Å². The largest absolute Gasteiger partial charge is 1.00 e. The van der Waals surface area contributed by atoms with E-state index in [1.807, 2.05) is 0 Å². The SMILES string of the molecule is O=C(CC(C(=O)OC1CCCCC1)S(=O)(=O)O)OC1CCCCC1.[K+]. The smallest absolute Gasteiger partial charge is 0.462 e. The minimum Gasteiger partial charge on any atom is -0.462 e. The van der Waals surface area contributed by atoms with Gasteiger partial charge in [0.25, 0.3) is 10.1 Å². The third kappa shape index (κ3) is 8.36. The molecule has 0 aromatic carbocycles. The van der Waals surface area contributed by atoms with Crippen molar-refractivity contribution < 1.29 is 83.4 Å². The summed E-state index contributed by atoms with van der Waals surface area (Å²) in [5.74, 6) is -1.85. The van der Waals surface area contributed by atoms with Crippen LogP contribution in [0.5, 0.6) is 0 Å². The quantitative estimate of drug-likeness (QED) is 0.359. The second-order valence-corrected chi connectivity index (χ2v) is 8.25. The third-order valence-corrected chi connectivity index (χ3v) is 5.74. The molecular weight excluding hydrogens is 375 g/mol. The Labute approximate surface area is 191 Å². The zero-order chi connectivity index (χ0) is 17.6. The van der Waals surface area contributed by atoms with Crippen LogP contribution in [0, 0.1) is 0 Å². The van der Waals surface area contributed by atoms with Crippen molar-refractivity contribution in [1.29, 1.82) is 0 Å². The van der Waals surface area contributed by atoms with Crippen LogP contribution in [0.15, 0.2) is 0 Å². The number of hydrogen-bond acceptors (Lipinski definition) is 6.